The average Bonchev–Trinajstić information content (AvgIpc) is 2.03. The summed E-state index contributed by atoms with van der Waals surface area (Å²) in [5, 5.41) is 17.8. The zero-order valence-corrected chi connectivity index (χ0v) is 6.90. The van der Waals surface area contributed by atoms with Gasteiger partial charge in [-0.3, -0.25) is 4.79 Å². The first-order chi connectivity index (χ1) is 5.70. The van der Waals surface area contributed by atoms with Crippen LogP contribution < -0.4 is 0 Å². The second kappa shape index (κ2) is 4.42. The van der Waals surface area contributed by atoms with Crippen LogP contribution in [0.5, 0.6) is 0 Å². The van der Waals surface area contributed by atoms with Crippen LogP contribution in [0.15, 0.2) is 0 Å². The number of hydrogen-bond donors (Lipinski definition) is 2. The maximum atomic E-state index is 10.2. The first-order valence-corrected chi connectivity index (χ1v) is 4.17. The van der Waals surface area contributed by atoms with Crippen molar-refractivity contribution in [3.8, 4) is 0 Å². The van der Waals surface area contributed by atoms with Crippen molar-refractivity contribution in [2.45, 2.75) is 25.4 Å². The van der Waals surface area contributed by atoms with E-state index in [1.807, 2.05) is 0 Å². The van der Waals surface area contributed by atoms with Gasteiger partial charge < -0.3 is 14.9 Å². The van der Waals surface area contributed by atoms with E-state index in [-0.39, 0.29) is 12.3 Å². The van der Waals surface area contributed by atoms with E-state index in [2.05, 4.69) is 0 Å². The van der Waals surface area contributed by atoms with Crippen LogP contribution in [0.2, 0.25) is 0 Å². The summed E-state index contributed by atoms with van der Waals surface area (Å²) in [6.07, 6.45) is 0.994. The van der Waals surface area contributed by atoms with Gasteiger partial charge >= 0.3 is 5.97 Å². The number of rotatable bonds is 3. The molecule has 2 atom stereocenters. The molecule has 2 N–H and O–H groups in total. The number of ether oxygens (including phenoxy) is 1. The number of carboxylic acids is 1. The smallest absolute Gasteiger partial charge is 0.303 e. The van der Waals surface area contributed by atoms with Gasteiger partial charge in [-0.1, -0.05) is 0 Å². The molecule has 1 aliphatic rings. The van der Waals surface area contributed by atoms with Crippen molar-refractivity contribution < 1.29 is 19.7 Å². The Kier molecular flexibility index (Phi) is 3.49. The summed E-state index contributed by atoms with van der Waals surface area (Å²) in [7, 11) is 0. The number of aliphatic carboxylic acids is 1. The van der Waals surface area contributed by atoms with Crippen LogP contribution in [-0.4, -0.2) is 35.5 Å². The molecule has 0 aromatic heterocycles. The Hall–Kier alpha value is -0.610. The number of hydrogen-bond acceptors (Lipinski definition) is 3. The van der Waals surface area contributed by atoms with Crippen LogP contribution in [0.1, 0.15) is 19.3 Å². The third-order valence-corrected chi connectivity index (χ3v) is 2.19. The summed E-state index contributed by atoms with van der Waals surface area (Å²) in [4.78, 5) is 10.2. The third-order valence-electron chi connectivity index (χ3n) is 2.19. The molecule has 1 fully saturated rings. The number of carboxylic acid groups (broad SMARTS) is 1. The third kappa shape index (κ3) is 2.79. The lowest BCUT2D eigenvalue weighted by Gasteiger charge is -2.27. The van der Waals surface area contributed by atoms with E-state index >= 15 is 0 Å². The minimum Gasteiger partial charge on any atom is -0.481 e. The van der Waals surface area contributed by atoms with E-state index in [4.69, 9.17) is 9.84 Å². The van der Waals surface area contributed by atoms with Gasteiger partial charge in [-0.15, -0.1) is 0 Å². The SMILES string of the molecule is O=C(O)CC[C@H]1CCOC[C@H]1O. The van der Waals surface area contributed by atoms with Gasteiger partial charge in [-0.05, 0) is 18.8 Å². The summed E-state index contributed by atoms with van der Waals surface area (Å²) >= 11 is 0. The quantitative estimate of drug-likeness (QED) is 0.643. The van der Waals surface area contributed by atoms with Gasteiger partial charge in [0.1, 0.15) is 0 Å². The second-order valence-corrected chi connectivity index (χ2v) is 3.12. The highest BCUT2D eigenvalue weighted by molar-refractivity contribution is 5.66. The van der Waals surface area contributed by atoms with E-state index in [9.17, 15) is 9.90 Å². The van der Waals surface area contributed by atoms with Crippen molar-refractivity contribution in [2.75, 3.05) is 13.2 Å². The van der Waals surface area contributed by atoms with Crippen LogP contribution >= 0.6 is 0 Å². The van der Waals surface area contributed by atoms with Crippen molar-refractivity contribution in [3.05, 3.63) is 0 Å². The monoisotopic (exact) mass is 174 g/mol. The lowest BCUT2D eigenvalue weighted by atomic mass is 9.92. The maximum absolute atomic E-state index is 10.2. The molecule has 1 aliphatic heterocycles. The topological polar surface area (TPSA) is 66.8 Å². The molecular formula is C8H14O4. The first-order valence-electron chi connectivity index (χ1n) is 4.17. The van der Waals surface area contributed by atoms with Crippen molar-refractivity contribution >= 4 is 5.97 Å². The van der Waals surface area contributed by atoms with Gasteiger partial charge in [0, 0.05) is 13.0 Å². The second-order valence-electron chi connectivity index (χ2n) is 3.12. The van der Waals surface area contributed by atoms with Crippen molar-refractivity contribution in [1.82, 2.24) is 0 Å². The Morgan fingerprint density at radius 2 is 2.33 bits per heavy atom. The molecule has 12 heavy (non-hydrogen) atoms. The normalized spacial score (nSPS) is 30.1. The first kappa shape index (κ1) is 9.48. The summed E-state index contributed by atoms with van der Waals surface area (Å²) in [5.41, 5.74) is 0. The minimum absolute atomic E-state index is 0.106. The number of aliphatic hydroxyl groups excluding tert-OH is 1. The highest BCUT2D eigenvalue weighted by Crippen LogP contribution is 2.20. The van der Waals surface area contributed by atoms with Crippen LogP contribution in [0.4, 0.5) is 0 Å². The molecule has 0 amide bonds. The standard InChI is InChI=1S/C8H14O4/c9-7-5-12-4-3-6(7)1-2-8(10)11/h6-7,9H,1-5H2,(H,10,11)/t6-,7+/m0/s1. The Balaban J connectivity index is 2.24. The lowest BCUT2D eigenvalue weighted by molar-refractivity contribution is -0.138. The Labute approximate surface area is 71.2 Å². The molecule has 0 aromatic carbocycles. The molecule has 0 saturated carbocycles. The molecule has 0 spiro atoms. The fourth-order valence-corrected chi connectivity index (χ4v) is 1.41. The molecule has 4 nitrogen and oxygen atoms in total. The zero-order chi connectivity index (χ0) is 8.97. The minimum atomic E-state index is -0.798. The molecule has 0 radical (unpaired) electrons. The van der Waals surface area contributed by atoms with E-state index in [1.165, 1.54) is 0 Å². The van der Waals surface area contributed by atoms with Crippen molar-refractivity contribution in [1.29, 1.82) is 0 Å². The van der Waals surface area contributed by atoms with Crippen LogP contribution in [0, 0.1) is 5.92 Å². The van der Waals surface area contributed by atoms with Crippen LogP contribution in [0.25, 0.3) is 0 Å². The van der Waals surface area contributed by atoms with E-state index in [1.54, 1.807) is 0 Å². The van der Waals surface area contributed by atoms with Gasteiger partial charge in [0.15, 0.2) is 0 Å². The van der Waals surface area contributed by atoms with E-state index in [0.717, 1.165) is 6.42 Å². The molecule has 0 aromatic rings. The Morgan fingerprint density at radius 1 is 1.58 bits per heavy atom. The molecule has 1 rings (SSSR count). The van der Waals surface area contributed by atoms with Crippen LogP contribution in [0.3, 0.4) is 0 Å². The van der Waals surface area contributed by atoms with Gasteiger partial charge in [-0.2, -0.15) is 0 Å². The van der Waals surface area contributed by atoms with Crippen molar-refractivity contribution in [3.63, 3.8) is 0 Å². The largest absolute Gasteiger partial charge is 0.481 e. The summed E-state index contributed by atoms with van der Waals surface area (Å²) in [5.74, 6) is -0.691. The highest BCUT2D eigenvalue weighted by atomic mass is 16.5. The predicted octanol–water partition coefficient (Wildman–Crippen LogP) is 0.249. The van der Waals surface area contributed by atoms with Gasteiger partial charge in [0.05, 0.1) is 12.7 Å². The van der Waals surface area contributed by atoms with Gasteiger partial charge in [0.2, 0.25) is 0 Å². The summed E-state index contributed by atoms with van der Waals surface area (Å²) < 4.78 is 5.02. The molecular weight excluding hydrogens is 160 g/mol. The van der Waals surface area contributed by atoms with Crippen molar-refractivity contribution in [2.24, 2.45) is 5.92 Å². The lowest BCUT2D eigenvalue weighted by Crippen LogP contribution is -2.32. The molecule has 0 unspecified atom stereocenters. The molecule has 0 aliphatic carbocycles. The fraction of sp³-hybridized carbons (Fsp3) is 0.875. The van der Waals surface area contributed by atoms with Gasteiger partial charge in [0.25, 0.3) is 0 Å². The fourth-order valence-electron chi connectivity index (χ4n) is 1.41. The van der Waals surface area contributed by atoms with Gasteiger partial charge in [-0.25, -0.2) is 0 Å². The number of carbonyl (C=O) groups is 1. The van der Waals surface area contributed by atoms with E-state index in [0.29, 0.717) is 19.6 Å². The Bertz CT molecular complexity index is 157. The molecule has 0 bridgehead atoms. The average molecular weight is 174 g/mol. The maximum Gasteiger partial charge on any atom is 0.303 e. The molecule has 70 valence electrons. The summed E-state index contributed by atoms with van der Waals surface area (Å²) in [6, 6.07) is 0. The predicted molar refractivity (Wildman–Crippen MR) is 41.8 cm³/mol. The molecule has 1 saturated heterocycles. The van der Waals surface area contributed by atoms with E-state index < -0.39 is 12.1 Å². The van der Waals surface area contributed by atoms with Crippen LogP contribution in [-0.2, 0) is 9.53 Å². The summed E-state index contributed by atoms with van der Waals surface area (Å²) in [6.45, 7) is 0.992. The highest BCUT2D eigenvalue weighted by Gasteiger charge is 2.23. The number of aliphatic hydroxyl groups is 1. The Morgan fingerprint density at radius 3 is 2.92 bits per heavy atom. The zero-order valence-electron chi connectivity index (χ0n) is 6.90. The molecule has 1 heterocycles. The molecule has 4 heteroatoms.